The summed E-state index contributed by atoms with van der Waals surface area (Å²) >= 11 is 0. The zero-order valence-corrected chi connectivity index (χ0v) is 21.9. The fourth-order valence-corrected chi connectivity index (χ4v) is 5.23. The van der Waals surface area contributed by atoms with Crippen LogP contribution in [0.3, 0.4) is 0 Å². The van der Waals surface area contributed by atoms with E-state index in [4.69, 9.17) is 0 Å². The van der Waals surface area contributed by atoms with Crippen molar-refractivity contribution in [1.29, 1.82) is 0 Å². The predicted molar refractivity (Wildman–Crippen MR) is 140 cm³/mol. The molecule has 2 amide bonds. The van der Waals surface area contributed by atoms with Crippen LogP contribution in [0.1, 0.15) is 60.8 Å². The summed E-state index contributed by atoms with van der Waals surface area (Å²) in [4.78, 5) is 34.0. The number of nitrogens with one attached hydrogen (secondary N) is 1. The van der Waals surface area contributed by atoms with E-state index in [9.17, 15) is 14.7 Å². The lowest BCUT2D eigenvalue weighted by atomic mass is 9.89. The van der Waals surface area contributed by atoms with Gasteiger partial charge in [-0.1, -0.05) is 45.0 Å². The third-order valence-electron chi connectivity index (χ3n) is 7.30. The molecule has 194 valence electrons. The number of β-amino-alcohol motifs (C(OH)–C–C–N with tert-alkyl or cyclic N) is 1. The van der Waals surface area contributed by atoms with Crippen LogP contribution in [0.4, 0.5) is 0 Å². The summed E-state index contributed by atoms with van der Waals surface area (Å²) in [5, 5.41) is 13.4. The van der Waals surface area contributed by atoms with Crippen LogP contribution >= 0.6 is 0 Å². The van der Waals surface area contributed by atoms with Gasteiger partial charge in [-0.3, -0.25) is 19.5 Å². The van der Waals surface area contributed by atoms with E-state index in [0.717, 1.165) is 57.6 Å². The number of piperidine rings is 1. The molecule has 1 saturated heterocycles. The first-order valence-electron chi connectivity index (χ1n) is 13.2. The molecule has 0 unspecified atom stereocenters. The number of carbonyl (C=O) groups is 2. The van der Waals surface area contributed by atoms with Gasteiger partial charge in [0.15, 0.2) is 0 Å². The number of benzene rings is 1. The molecule has 2 aliphatic rings. The highest BCUT2D eigenvalue weighted by molar-refractivity contribution is 5.94. The molecule has 2 aromatic rings. The van der Waals surface area contributed by atoms with Gasteiger partial charge in [0.2, 0.25) is 5.91 Å². The fourth-order valence-electron chi connectivity index (χ4n) is 5.23. The van der Waals surface area contributed by atoms with Crippen molar-refractivity contribution in [2.24, 2.45) is 11.3 Å². The Kier molecular flexibility index (Phi) is 8.42. The van der Waals surface area contributed by atoms with Crippen molar-refractivity contribution in [3.05, 3.63) is 65.0 Å². The van der Waals surface area contributed by atoms with Gasteiger partial charge in [0, 0.05) is 62.1 Å². The summed E-state index contributed by atoms with van der Waals surface area (Å²) in [5.74, 6) is 0.480. The smallest absolute Gasteiger partial charge is 0.251 e. The highest BCUT2D eigenvalue weighted by atomic mass is 16.3. The second-order valence-corrected chi connectivity index (χ2v) is 11.3. The van der Waals surface area contributed by atoms with Crippen molar-refractivity contribution in [2.45, 2.75) is 59.1 Å². The number of carbonyl (C=O) groups excluding carboxylic acids is 2. The zero-order valence-electron chi connectivity index (χ0n) is 21.9. The minimum atomic E-state index is -0.624. The molecule has 7 heteroatoms. The topological polar surface area (TPSA) is 85.8 Å². The lowest BCUT2D eigenvalue weighted by molar-refractivity contribution is -0.140. The molecule has 0 spiro atoms. The van der Waals surface area contributed by atoms with E-state index in [1.54, 1.807) is 12.3 Å². The molecule has 1 aromatic carbocycles. The molecular formula is C29H40N4O3. The number of pyridine rings is 1. The minimum absolute atomic E-state index is 0.188. The predicted octanol–water partition coefficient (Wildman–Crippen LogP) is 3.06. The summed E-state index contributed by atoms with van der Waals surface area (Å²) in [6, 6.07) is 12.0. The van der Waals surface area contributed by atoms with Crippen LogP contribution in [-0.4, -0.2) is 70.5 Å². The standard InChI is InChI=1S/C29H40N4O3/c1-29(2,3)28(36)33-14-9-21(10-15-33)16-25-17-23(8-12-30-25)27(35)31-18-26(34)20-32-13-11-22-6-4-5-7-24(22)19-32/h4-8,12,17,21,26,34H,9-11,13-16,18-20H2,1-3H3,(H,31,35)/t26-/m0/s1. The average molecular weight is 493 g/mol. The number of nitrogens with zero attached hydrogens (tertiary/aromatic N) is 3. The Morgan fingerprint density at radius 3 is 2.56 bits per heavy atom. The fraction of sp³-hybridized carbons (Fsp3) is 0.552. The monoisotopic (exact) mass is 492 g/mol. The Balaban J connectivity index is 1.22. The van der Waals surface area contributed by atoms with Crippen molar-refractivity contribution < 1.29 is 14.7 Å². The molecule has 3 heterocycles. The maximum atomic E-state index is 12.8. The highest BCUT2D eigenvalue weighted by Gasteiger charge is 2.30. The van der Waals surface area contributed by atoms with Crippen molar-refractivity contribution in [3.63, 3.8) is 0 Å². The largest absolute Gasteiger partial charge is 0.390 e. The third kappa shape index (κ3) is 6.92. The molecule has 1 atom stereocenters. The molecule has 4 rings (SSSR count). The summed E-state index contributed by atoms with van der Waals surface area (Å²) in [5.41, 5.74) is 3.82. The van der Waals surface area contributed by atoms with Gasteiger partial charge in [-0.2, -0.15) is 0 Å². The van der Waals surface area contributed by atoms with E-state index in [1.165, 1.54) is 11.1 Å². The van der Waals surface area contributed by atoms with Crippen LogP contribution in [0.25, 0.3) is 0 Å². The van der Waals surface area contributed by atoms with Gasteiger partial charge in [-0.15, -0.1) is 0 Å². The molecule has 0 aliphatic carbocycles. The van der Waals surface area contributed by atoms with Gasteiger partial charge in [0.1, 0.15) is 0 Å². The molecule has 0 saturated carbocycles. The molecule has 2 aliphatic heterocycles. The lowest BCUT2D eigenvalue weighted by Crippen LogP contribution is -2.44. The second kappa shape index (κ2) is 11.5. The summed E-state index contributed by atoms with van der Waals surface area (Å²) in [6.07, 6.45) is 4.75. The molecule has 1 aromatic heterocycles. The van der Waals surface area contributed by atoms with E-state index >= 15 is 0 Å². The van der Waals surface area contributed by atoms with Crippen LogP contribution in [0, 0.1) is 11.3 Å². The lowest BCUT2D eigenvalue weighted by Gasteiger charge is -2.35. The first-order valence-corrected chi connectivity index (χ1v) is 13.2. The quantitative estimate of drug-likeness (QED) is 0.621. The zero-order chi connectivity index (χ0) is 25.7. The van der Waals surface area contributed by atoms with Crippen LogP contribution < -0.4 is 5.32 Å². The molecule has 0 radical (unpaired) electrons. The molecule has 36 heavy (non-hydrogen) atoms. The maximum Gasteiger partial charge on any atom is 0.251 e. The van der Waals surface area contributed by atoms with Crippen molar-refractivity contribution in [1.82, 2.24) is 20.1 Å². The molecule has 0 bridgehead atoms. The molecule has 2 N–H and O–H groups in total. The highest BCUT2D eigenvalue weighted by Crippen LogP contribution is 2.25. The van der Waals surface area contributed by atoms with E-state index in [0.29, 0.717) is 18.0 Å². The first kappa shape index (κ1) is 26.3. The summed E-state index contributed by atoms with van der Waals surface area (Å²) in [7, 11) is 0. The van der Waals surface area contributed by atoms with Crippen LogP contribution in [0.2, 0.25) is 0 Å². The van der Waals surface area contributed by atoms with Crippen molar-refractivity contribution in [3.8, 4) is 0 Å². The molecule has 1 fully saturated rings. The number of likely N-dealkylation sites (tertiary alicyclic amines) is 1. The Labute approximate surface area is 214 Å². The normalized spacial score (nSPS) is 17.9. The van der Waals surface area contributed by atoms with Gasteiger partial charge in [0.05, 0.1) is 6.10 Å². The number of aliphatic hydroxyl groups excluding tert-OH is 1. The number of fused-ring (bicyclic) bond motifs is 1. The van der Waals surface area contributed by atoms with Crippen LogP contribution in [0.15, 0.2) is 42.6 Å². The number of hydrogen-bond acceptors (Lipinski definition) is 5. The minimum Gasteiger partial charge on any atom is -0.390 e. The van der Waals surface area contributed by atoms with Gasteiger partial charge in [-0.05, 0) is 54.9 Å². The number of hydrogen-bond donors (Lipinski definition) is 2. The van der Waals surface area contributed by atoms with E-state index in [1.807, 2.05) is 31.7 Å². The number of aliphatic hydroxyl groups is 1. The van der Waals surface area contributed by atoms with Gasteiger partial charge < -0.3 is 15.3 Å². The Morgan fingerprint density at radius 1 is 1.11 bits per heavy atom. The molecular weight excluding hydrogens is 452 g/mol. The summed E-state index contributed by atoms with van der Waals surface area (Å²) in [6.45, 7) is 9.95. The number of rotatable bonds is 7. The second-order valence-electron chi connectivity index (χ2n) is 11.3. The Hall–Kier alpha value is -2.77. The van der Waals surface area contributed by atoms with E-state index < -0.39 is 6.10 Å². The van der Waals surface area contributed by atoms with Crippen LogP contribution in [-0.2, 0) is 24.2 Å². The molecule has 7 nitrogen and oxygen atoms in total. The van der Waals surface area contributed by atoms with E-state index in [2.05, 4.69) is 39.5 Å². The van der Waals surface area contributed by atoms with Crippen LogP contribution in [0.5, 0.6) is 0 Å². The van der Waals surface area contributed by atoms with Crippen molar-refractivity contribution >= 4 is 11.8 Å². The van der Waals surface area contributed by atoms with Gasteiger partial charge in [-0.25, -0.2) is 0 Å². The first-order chi connectivity index (χ1) is 17.2. The number of aromatic nitrogens is 1. The average Bonchev–Trinajstić information content (AvgIpc) is 2.87. The maximum absolute atomic E-state index is 12.8. The third-order valence-corrected chi connectivity index (χ3v) is 7.30. The SMILES string of the molecule is CC(C)(C)C(=O)N1CCC(Cc2cc(C(=O)NC[C@H](O)CN3CCc4ccccc4C3)ccn2)CC1. The summed E-state index contributed by atoms with van der Waals surface area (Å²) < 4.78 is 0. The number of amides is 2. The Morgan fingerprint density at radius 2 is 1.83 bits per heavy atom. The van der Waals surface area contributed by atoms with Gasteiger partial charge >= 0.3 is 0 Å². The van der Waals surface area contributed by atoms with E-state index in [-0.39, 0.29) is 23.8 Å². The van der Waals surface area contributed by atoms with Crippen molar-refractivity contribution in [2.75, 3.05) is 32.7 Å². The Bertz CT molecular complexity index is 1060. The van der Waals surface area contributed by atoms with Gasteiger partial charge in [0.25, 0.3) is 5.91 Å².